The van der Waals surface area contributed by atoms with E-state index in [4.69, 9.17) is 11.5 Å². The van der Waals surface area contributed by atoms with Gasteiger partial charge in [-0.2, -0.15) is 0 Å². The molecule has 1 aliphatic rings. The number of primary amides is 1. The first-order valence-corrected chi connectivity index (χ1v) is 7.27. The van der Waals surface area contributed by atoms with E-state index >= 15 is 0 Å². The van der Waals surface area contributed by atoms with Gasteiger partial charge in [0, 0.05) is 18.0 Å². The minimum atomic E-state index is -0.824. The maximum Gasteiger partial charge on any atom is 0.240 e. The second kappa shape index (κ2) is 6.89. The monoisotopic (exact) mass is 298 g/mol. The minimum Gasteiger partial charge on any atom is -0.368 e. The third kappa shape index (κ3) is 4.42. The van der Waals surface area contributed by atoms with Gasteiger partial charge in [0.2, 0.25) is 17.7 Å². The molecule has 0 aliphatic carbocycles. The molecule has 1 rings (SSSR count). The van der Waals surface area contributed by atoms with E-state index in [1.54, 1.807) is 0 Å². The van der Waals surface area contributed by atoms with Gasteiger partial charge in [0.1, 0.15) is 6.04 Å². The van der Waals surface area contributed by atoms with Crippen molar-refractivity contribution in [3.63, 3.8) is 0 Å². The Morgan fingerprint density at radius 1 is 1.43 bits per heavy atom. The van der Waals surface area contributed by atoms with E-state index in [0.717, 1.165) is 6.42 Å². The number of rotatable bonds is 5. The average Bonchev–Trinajstić information content (AvgIpc) is 2.38. The number of nitrogens with zero attached hydrogens (tertiary/aromatic N) is 1. The molecule has 0 saturated carbocycles. The van der Waals surface area contributed by atoms with Crippen molar-refractivity contribution in [2.75, 3.05) is 13.1 Å². The lowest BCUT2D eigenvalue weighted by atomic mass is 9.89. The first-order valence-electron chi connectivity index (χ1n) is 7.27. The zero-order valence-corrected chi connectivity index (χ0v) is 13.0. The topological polar surface area (TPSA) is 119 Å². The molecular weight excluding hydrogens is 272 g/mol. The highest BCUT2D eigenvalue weighted by atomic mass is 16.2. The van der Waals surface area contributed by atoms with E-state index in [-0.39, 0.29) is 30.7 Å². The van der Waals surface area contributed by atoms with Gasteiger partial charge in [-0.05, 0) is 40.0 Å². The van der Waals surface area contributed by atoms with E-state index in [0.29, 0.717) is 13.0 Å². The molecule has 0 aromatic rings. The molecule has 0 bridgehead atoms. The summed E-state index contributed by atoms with van der Waals surface area (Å²) in [5.41, 5.74) is 10.3. The number of carbonyl (C=O) groups excluding carboxylic acids is 3. The summed E-state index contributed by atoms with van der Waals surface area (Å²) < 4.78 is 0. The summed E-state index contributed by atoms with van der Waals surface area (Å²) in [5.74, 6) is -1.33. The summed E-state index contributed by atoms with van der Waals surface area (Å²) >= 11 is 0. The van der Waals surface area contributed by atoms with Crippen LogP contribution in [0.15, 0.2) is 0 Å². The van der Waals surface area contributed by atoms with Crippen molar-refractivity contribution in [3.8, 4) is 0 Å². The van der Waals surface area contributed by atoms with E-state index in [2.05, 4.69) is 5.32 Å². The molecule has 0 aromatic carbocycles. The van der Waals surface area contributed by atoms with Crippen LogP contribution in [-0.2, 0) is 14.4 Å². The maximum absolute atomic E-state index is 12.1. The van der Waals surface area contributed by atoms with Crippen LogP contribution >= 0.6 is 0 Å². The Labute approximate surface area is 125 Å². The molecule has 1 saturated heterocycles. The predicted molar refractivity (Wildman–Crippen MR) is 79.0 cm³/mol. The van der Waals surface area contributed by atoms with Gasteiger partial charge < -0.3 is 21.7 Å². The van der Waals surface area contributed by atoms with Gasteiger partial charge in [-0.3, -0.25) is 14.4 Å². The van der Waals surface area contributed by atoms with E-state index in [1.807, 2.05) is 20.8 Å². The lowest BCUT2D eigenvalue weighted by Gasteiger charge is -2.41. The molecule has 0 radical (unpaired) electrons. The average molecular weight is 298 g/mol. The minimum absolute atomic E-state index is 0.0819. The van der Waals surface area contributed by atoms with Crippen LogP contribution in [0.4, 0.5) is 0 Å². The third-order valence-electron chi connectivity index (χ3n) is 3.71. The first-order chi connectivity index (χ1) is 9.68. The number of hydrogen-bond donors (Lipinski definition) is 3. The van der Waals surface area contributed by atoms with Crippen molar-refractivity contribution in [1.82, 2.24) is 10.2 Å². The summed E-state index contributed by atoms with van der Waals surface area (Å²) in [6.45, 7) is 5.91. The fourth-order valence-electron chi connectivity index (χ4n) is 2.79. The highest BCUT2D eigenvalue weighted by Gasteiger charge is 2.38. The summed E-state index contributed by atoms with van der Waals surface area (Å²) in [6.07, 6.45) is 1.80. The highest BCUT2D eigenvalue weighted by molar-refractivity contribution is 5.89. The fourth-order valence-corrected chi connectivity index (χ4v) is 2.79. The van der Waals surface area contributed by atoms with Crippen LogP contribution in [0.2, 0.25) is 0 Å². The molecule has 3 amide bonds. The van der Waals surface area contributed by atoms with E-state index < -0.39 is 17.5 Å². The number of piperidine rings is 1. The number of nitrogens with two attached hydrogens (primary N) is 2. The summed E-state index contributed by atoms with van der Waals surface area (Å²) in [7, 11) is 0. The van der Waals surface area contributed by atoms with Gasteiger partial charge in [-0.15, -0.1) is 0 Å². The molecule has 1 heterocycles. The van der Waals surface area contributed by atoms with Crippen LogP contribution in [0.3, 0.4) is 0 Å². The molecular formula is C14H26N4O3. The summed E-state index contributed by atoms with van der Waals surface area (Å²) in [6, 6.07) is -0.824. The molecule has 0 aromatic heterocycles. The van der Waals surface area contributed by atoms with Crippen LogP contribution in [0, 0.1) is 5.92 Å². The van der Waals surface area contributed by atoms with E-state index in [9.17, 15) is 14.4 Å². The molecule has 1 aliphatic heterocycles. The van der Waals surface area contributed by atoms with Crippen LogP contribution < -0.4 is 16.8 Å². The van der Waals surface area contributed by atoms with Gasteiger partial charge >= 0.3 is 0 Å². The molecule has 5 N–H and O–H groups in total. The molecule has 1 fully saturated rings. The summed E-state index contributed by atoms with van der Waals surface area (Å²) in [4.78, 5) is 37.3. The zero-order valence-electron chi connectivity index (χ0n) is 13.0. The lowest BCUT2D eigenvalue weighted by Crippen LogP contribution is -2.59. The van der Waals surface area contributed by atoms with Gasteiger partial charge in [0.25, 0.3) is 0 Å². The van der Waals surface area contributed by atoms with Crippen molar-refractivity contribution >= 4 is 17.7 Å². The number of hydrogen-bond acceptors (Lipinski definition) is 4. The smallest absolute Gasteiger partial charge is 0.240 e. The molecule has 2 atom stereocenters. The molecule has 0 spiro atoms. The maximum atomic E-state index is 12.1. The molecule has 21 heavy (non-hydrogen) atoms. The Morgan fingerprint density at radius 3 is 2.48 bits per heavy atom. The second-order valence-electron chi connectivity index (χ2n) is 6.42. The zero-order chi connectivity index (χ0) is 16.2. The predicted octanol–water partition coefficient (Wildman–Crippen LogP) is -0.658. The Morgan fingerprint density at radius 2 is 2.05 bits per heavy atom. The Hall–Kier alpha value is -1.63. The van der Waals surface area contributed by atoms with Crippen molar-refractivity contribution in [3.05, 3.63) is 0 Å². The lowest BCUT2D eigenvalue weighted by molar-refractivity contribution is -0.145. The highest BCUT2D eigenvalue weighted by Crippen LogP contribution is 2.25. The number of amides is 3. The van der Waals surface area contributed by atoms with Gasteiger partial charge in [-0.1, -0.05) is 0 Å². The first kappa shape index (κ1) is 17.4. The second-order valence-corrected chi connectivity index (χ2v) is 6.42. The molecule has 120 valence electrons. The van der Waals surface area contributed by atoms with Crippen LogP contribution in [0.25, 0.3) is 0 Å². The van der Waals surface area contributed by atoms with Gasteiger partial charge in [-0.25, -0.2) is 0 Å². The van der Waals surface area contributed by atoms with Crippen molar-refractivity contribution in [2.45, 2.75) is 51.6 Å². The number of nitrogens with one attached hydrogen (secondary N) is 1. The summed E-state index contributed by atoms with van der Waals surface area (Å²) in [5, 5.41) is 2.78. The Balaban J connectivity index is 2.99. The van der Waals surface area contributed by atoms with Crippen molar-refractivity contribution in [1.29, 1.82) is 0 Å². The Kier molecular flexibility index (Phi) is 5.71. The van der Waals surface area contributed by atoms with Crippen LogP contribution in [-0.4, -0.2) is 47.3 Å². The third-order valence-corrected chi connectivity index (χ3v) is 3.71. The van der Waals surface area contributed by atoms with Crippen LogP contribution in [0.5, 0.6) is 0 Å². The van der Waals surface area contributed by atoms with Gasteiger partial charge in [0.05, 0.1) is 6.54 Å². The van der Waals surface area contributed by atoms with Gasteiger partial charge in [0.15, 0.2) is 0 Å². The van der Waals surface area contributed by atoms with E-state index in [1.165, 1.54) is 4.90 Å². The van der Waals surface area contributed by atoms with Crippen molar-refractivity contribution in [2.24, 2.45) is 17.4 Å². The quantitative estimate of drug-likeness (QED) is 0.624. The standard InChI is InChI=1S/C14H26N4O3/c1-14(2,3)18(11(19)8-15)10(12(16)20)7-9-5-4-6-17-13(9)21/h9-10H,4-8,15H2,1-3H3,(H2,16,20)(H,17,21)/t9-,10-/m0/s1. The largest absolute Gasteiger partial charge is 0.368 e. The molecule has 7 nitrogen and oxygen atoms in total. The van der Waals surface area contributed by atoms with Crippen LogP contribution in [0.1, 0.15) is 40.0 Å². The Bertz CT molecular complexity index is 417. The fraction of sp³-hybridized carbons (Fsp3) is 0.786. The molecule has 7 heteroatoms. The number of carbonyl (C=O) groups is 3. The van der Waals surface area contributed by atoms with Crippen molar-refractivity contribution < 1.29 is 14.4 Å². The molecule has 0 unspecified atom stereocenters. The SMILES string of the molecule is CC(C)(C)N(C(=O)CN)[C@@H](C[C@@H]1CCCNC1=O)C(N)=O. The normalized spacial score (nSPS) is 20.6.